The summed E-state index contributed by atoms with van der Waals surface area (Å²) in [6.07, 6.45) is 17.8. The van der Waals surface area contributed by atoms with E-state index >= 15 is 0 Å². The van der Waals surface area contributed by atoms with E-state index in [2.05, 4.69) is 85.8 Å². The van der Waals surface area contributed by atoms with E-state index in [0.717, 1.165) is 40.7 Å². The van der Waals surface area contributed by atoms with Crippen LogP contribution in [0.4, 0.5) is 0 Å². The van der Waals surface area contributed by atoms with Gasteiger partial charge in [-0.3, -0.25) is 19.9 Å². The fraction of sp³-hybridized carbons (Fsp3) is 0.171. The van der Waals surface area contributed by atoms with Crippen molar-refractivity contribution >= 4 is 5.70 Å². The van der Waals surface area contributed by atoms with Crippen LogP contribution in [-0.2, 0) is 18.3 Å². The van der Waals surface area contributed by atoms with Crippen LogP contribution < -0.4 is 5.32 Å². The van der Waals surface area contributed by atoms with E-state index in [4.69, 9.17) is 0 Å². The molecule has 1 aliphatic heterocycles. The second-order valence-corrected chi connectivity index (χ2v) is 11.0. The van der Waals surface area contributed by atoms with Crippen LogP contribution in [0, 0.1) is 0 Å². The zero-order chi connectivity index (χ0) is 30.2. The molecule has 0 saturated heterocycles. The summed E-state index contributed by atoms with van der Waals surface area (Å²) < 4.78 is -0.159. The van der Waals surface area contributed by atoms with Gasteiger partial charge in [0.15, 0.2) is 0 Å². The first-order valence-corrected chi connectivity index (χ1v) is 15.1. The van der Waals surface area contributed by atoms with E-state index < -0.39 is 0 Å². The molecule has 0 spiro atoms. The van der Waals surface area contributed by atoms with Crippen molar-refractivity contribution in [1.29, 1.82) is 0 Å². The Morgan fingerprint density at radius 2 is 1.02 bits per heavy atom. The first-order chi connectivity index (χ1) is 21.1. The van der Waals surface area contributed by atoms with Crippen molar-refractivity contribution in [1.82, 2.24) is 35.1 Å². The van der Waals surface area contributed by atoms with Gasteiger partial charge in [-0.1, -0.05) is 24.3 Å². The van der Waals surface area contributed by atoms with E-state index in [1.54, 1.807) is 24.8 Å². The fourth-order valence-corrected chi connectivity index (χ4v) is 4.62. The van der Waals surface area contributed by atoms with Gasteiger partial charge in [-0.2, -0.15) is 0 Å². The zero-order valence-electron chi connectivity index (χ0n) is 24.4. The Kier molecular flexibility index (Phi) is 12.4. The molecule has 0 fully saturated rings. The number of aromatic nitrogens is 5. The van der Waals surface area contributed by atoms with Crippen molar-refractivity contribution in [3.63, 3.8) is 0 Å². The average Bonchev–Trinajstić information content (AvgIpc) is 3.09. The number of hydrogen-bond donors (Lipinski definition) is 1. The van der Waals surface area contributed by atoms with E-state index in [-0.39, 0.29) is 4.13 Å². The standard InChI is InChI=1S/C15H20N3.2C10H8N2.Ru/c1-3-4-9-16-13-8-11-18(2)15(12-13)14-7-5-6-10-17-14;2*1-3-7-11-9(5-1)10-6-2-4-8-12-10;/h5-8,10-12,16H,3-4,9H2,1-2H3;2*1-8H;. The second kappa shape index (κ2) is 16.9. The van der Waals surface area contributed by atoms with Gasteiger partial charge in [0.25, 0.3) is 0 Å². The molecule has 219 valence electrons. The van der Waals surface area contributed by atoms with Gasteiger partial charge in [-0.05, 0) is 48.5 Å². The van der Waals surface area contributed by atoms with E-state index in [0.29, 0.717) is 0 Å². The van der Waals surface area contributed by atoms with Crippen LogP contribution in [0.5, 0.6) is 0 Å². The van der Waals surface area contributed by atoms with Gasteiger partial charge in [0.1, 0.15) is 0 Å². The van der Waals surface area contributed by atoms with Crippen LogP contribution in [-0.4, -0.2) is 47.5 Å². The molecule has 0 bridgehead atoms. The first-order valence-electron chi connectivity index (χ1n) is 14.2. The van der Waals surface area contributed by atoms with Gasteiger partial charge in [0.2, 0.25) is 0 Å². The largest absolute Gasteiger partial charge is 0.255 e. The van der Waals surface area contributed by atoms with E-state index in [1.165, 1.54) is 12.8 Å². The summed E-state index contributed by atoms with van der Waals surface area (Å²) >= 11 is 2.79. The van der Waals surface area contributed by atoms with Crippen molar-refractivity contribution in [3.05, 3.63) is 146 Å². The smallest absolute Gasteiger partial charge is 0.0886 e. The first kappa shape index (κ1) is 31.5. The minimum absolute atomic E-state index is 0.159. The molecule has 0 amide bonds. The van der Waals surface area contributed by atoms with Crippen molar-refractivity contribution < 1.29 is 18.3 Å². The molecule has 0 aliphatic carbocycles. The number of nitrogens with zero attached hydrogens (tertiary/aromatic N) is 6. The summed E-state index contributed by atoms with van der Waals surface area (Å²) in [5.74, 6) is 0. The number of nitrogens with one attached hydrogen (secondary N) is 1. The predicted molar refractivity (Wildman–Crippen MR) is 170 cm³/mol. The third kappa shape index (κ3) is 10.1. The van der Waals surface area contributed by atoms with Crippen LogP contribution in [0.1, 0.15) is 25.5 Å². The van der Waals surface area contributed by atoms with E-state index in [9.17, 15) is 0 Å². The summed E-state index contributed by atoms with van der Waals surface area (Å²) in [5.41, 5.74) is 5.79. The Hall–Kier alpha value is -4.39. The maximum atomic E-state index is 4.44. The third-order valence-electron chi connectivity index (χ3n) is 6.29. The van der Waals surface area contributed by atoms with Gasteiger partial charge in [-0.15, -0.1) is 0 Å². The van der Waals surface area contributed by atoms with Crippen LogP contribution in [0.15, 0.2) is 140 Å². The molecule has 6 heterocycles. The van der Waals surface area contributed by atoms with Crippen LogP contribution in [0.3, 0.4) is 0 Å². The van der Waals surface area contributed by atoms with E-state index in [1.807, 2.05) is 97.2 Å². The van der Waals surface area contributed by atoms with Gasteiger partial charge in [-0.25, -0.2) is 0 Å². The SMILES string of the molecule is CCCCN[C]1([Ru])C=CN(C)C(c2ccccn2)=C1.c1ccc(-c2ccccn2)nc1.c1ccc(-c2ccccn2)nc1. The number of pyridine rings is 5. The molecule has 1 atom stereocenters. The number of unbranched alkanes of at least 4 members (excludes halogenated alkanes) is 1. The van der Waals surface area contributed by atoms with Gasteiger partial charge in [0.05, 0.1) is 22.8 Å². The summed E-state index contributed by atoms with van der Waals surface area (Å²) in [4.78, 5) is 23.3. The second-order valence-electron chi connectivity index (χ2n) is 9.56. The van der Waals surface area contributed by atoms with Gasteiger partial charge >= 0.3 is 125 Å². The van der Waals surface area contributed by atoms with Crippen molar-refractivity contribution in [2.24, 2.45) is 0 Å². The molecule has 43 heavy (non-hydrogen) atoms. The topological polar surface area (TPSA) is 79.7 Å². The molecular formula is C35H36N7Ru. The third-order valence-corrected chi connectivity index (χ3v) is 7.14. The van der Waals surface area contributed by atoms with Crippen molar-refractivity contribution in [3.8, 4) is 22.8 Å². The summed E-state index contributed by atoms with van der Waals surface area (Å²) in [6, 6.07) is 29.2. The van der Waals surface area contributed by atoms with Gasteiger partial charge < -0.3 is 0 Å². The summed E-state index contributed by atoms with van der Waals surface area (Å²) in [6.45, 7) is 3.22. The minimum atomic E-state index is -0.159. The Balaban J connectivity index is 0.000000154. The number of hydrogen-bond acceptors (Lipinski definition) is 7. The minimum Gasteiger partial charge on any atom is -0.255 e. The number of rotatable bonds is 7. The quantitative estimate of drug-likeness (QED) is 0.153. The maximum Gasteiger partial charge on any atom is 0.0886 e. The average molecular weight is 656 g/mol. The Bertz CT molecular complexity index is 1380. The monoisotopic (exact) mass is 656 g/mol. The summed E-state index contributed by atoms with van der Waals surface area (Å²) in [5, 5.41) is 3.57. The molecule has 1 unspecified atom stereocenters. The summed E-state index contributed by atoms with van der Waals surface area (Å²) in [7, 11) is 2.05. The Morgan fingerprint density at radius 3 is 1.37 bits per heavy atom. The molecule has 7 nitrogen and oxygen atoms in total. The molecule has 1 N–H and O–H groups in total. The Labute approximate surface area is 264 Å². The molecule has 5 aromatic heterocycles. The maximum absolute atomic E-state index is 4.44. The zero-order valence-corrected chi connectivity index (χ0v) is 26.2. The van der Waals surface area contributed by atoms with Crippen LogP contribution in [0.2, 0.25) is 0 Å². The van der Waals surface area contributed by atoms with Crippen molar-refractivity contribution in [2.45, 2.75) is 23.9 Å². The molecular weight excluding hydrogens is 620 g/mol. The molecule has 6 rings (SSSR count). The van der Waals surface area contributed by atoms with Crippen molar-refractivity contribution in [2.75, 3.05) is 13.6 Å². The molecule has 5 aromatic rings. The molecule has 1 aliphatic rings. The molecule has 0 saturated carbocycles. The Morgan fingerprint density at radius 1 is 0.628 bits per heavy atom. The molecule has 0 aromatic carbocycles. The normalized spacial score (nSPS) is 15.3. The molecule has 0 radical (unpaired) electrons. The predicted octanol–water partition coefficient (Wildman–Crippen LogP) is 6.80. The van der Waals surface area contributed by atoms with Crippen LogP contribution in [0.25, 0.3) is 28.5 Å². The van der Waals surface area contributed by atoms with Gasteiger partial charge in [0, 0.05) is 24.8 Å². The van der Waals surface area contributed by atoms with Crippen LogP contribution >= 0.6 is 0 Å². The fourth-order valence-electron chi connectivity index (χ4n) is 4.03. The molecule has 8 heteroatoms.